The zero-order valence-electron chi connectivity index (χ0n) is 11.0. The summed E-state index contributed by atoms with van der Waals surface area (Å²) in [4.78, 5) is 12.4. The largest absolute Gasteiger partial charge is 0.346 e. The molecular formula is C16H12Cl2O3. The summed E-state index contributed by atoms with van der Waals surface area (Å²) in [5, 5.41) is 0.849. The molecule has 0 amide bonds. The fourth-order valence-electron chi connectivity index (χ4n) is 2.17. The van der Waals surface area contributed by atoms with Gasteiger partial charge in [-0.3, -0.25) is 4.79 Å². The molecule has 1 heterocycles. The number of rotatable bonds is 3. The van der Waals surface area contributed by atoms with Crippen LogP contribution in [0.3, 0.4) is 0 Å². The normalized spacial score (nSPS) is 15.3. The summed E-state index contributed by atoms with van der Waals surface area (Å²) in [5.41, 5.74) is 1.88. The molecule has 5 heteroatoms. The molecule has 1 aliphatic heterocycles. The van der Waals surface area contributed by atoms with Crippen LogP contribution < -0.4 is 0 Å². The van der Waals surface area contributed by atoms with Crippen molar-refractivity contribution >= 4 is 29.0 Å². The summed E-state index contributed by atoms with van der Waals surface area (Å²) in [6, 6.07) is 12.0. The molecule has 1 aliphatic rings. The van der Waals surface area contributed by atoms with Crippen molar-refractivity contribution in [1.29, 1.82) is 0 Å². The van der Waals surface area contributed by atoms with Crippen molar-refractivity contribution < 1.29 is 14.3 Å². The van der Waals surface area contributed by atoms with Gasteiger partial charge < -0.3 is 9.47 Å². The first kappa shape index (κ1) is 14.5. The Morgan fingerprint density at radius 1 is 1.00 bits per heavy atom. The van der Waals surface area contributed by atoms with Crippen LogP contribution >= 0.6 is 23.2 Å². The highest BCUT2D eigenvalue weighted by atomic mass is 35.5. The highest BCUT2D eigenvalue weighted by molar-refractivity contribution is 6.37. The van der Waals surface area contributed by atoms with Gasteiger partial charge in [0.05, 0.1) is 18.2 Å². The number of carbonyl (C=O) groups is 1. The van der Waals surface area contributed by atoms with Gasteiger partial charge in [0.2, 0.25) is 0 Å². The van der Waals surface area contributed by atoms with Crippen molar-refractivity contribution in [3.63, 3.8) is 0 Å². The van der Waals surface area contributed by atoms with Gasteiger partial charge in [0.15, 0.2) is 12.1 Å². The van der Waals surface area contributed by atoms with Gasteiger partial charge in [0, 0.05) is 21.7 Å². The molecule has 0 aromatic heterocycles. The van der Waals surface area contributed by atoms with Gasteiger partial charge in [-0.05, 0) is 18.2 Å². The Kier molecular flexibility index (Phi) is 4.27. The molecule has 3 nitrogen and oxygen atoms in total. The van der Waals surface area contributed by atoms with E-state index < -0.39 is 0 Å². The van der Waals surface area contributed by atoms with Crippen LogP contribution in [0.25, 0.3) is 0 Å². The fraction of sp³-hybridized carbons (Fsp3) is 0.188. The predicted molar refractivity (Wildman–Crippen MR) is 81.0 cm³/mol. The molecule has 0 N–H and O–H groups in total. The Morgan fingerprint density at radius 2 is 1.67 bits per heavy atom. The van der Waals surface area contributed by atoms with Gasteiger partial charge in [0.1, 0.15) is 0 Å². The van der Waals surface area contributed by atoms with Crippen molar-refractivity contribution in [2.75, 3.05) is 13.2 Å². The van der Waals surface area contributed by atoms with E-state index in [1.165, 1.54) is 0 Å². The van der Waals surface area contributed by atoms with Crippen LogP contribution in [0.2, 0.25) is 10.0 Å². The minimum absolute atomic E-state index is 0.142. The number of halogens is 2. The number of hydrogen-bond acceptors (Lipinski definition) is 3. The Bertz CT molecular complexity index is 662. The summed E-state index contributed by atoms with van der Waals surface area (Å²) in [5.74, 6) is -0.142. The van der Waals surface area contributed by atoms with E-state index >= 15 is 0 Å². The molecule has 2 aromatic carbocycles. The standard InChI is InChI=1S/C16H12Cl2O3/c17-12-5-6-13(14(18)9-12)15(19)10-1-3-11(4-2-10)16-20-7-8-21-16/h1-6,9,16H,7-8H2. The predicted octanol–water partition coefficient (Wildman–Crippen LogP) is 4.27. The van der Waals surface area contributed by atoms with Gasteiger partial charge in [-0.15, -0.1) is 0 Å². The molecule has 1 saturated heterocycles. The first-order chi connectivity index (χ1) is 10.1. The lowest BCUT2D eigenvalue weighted by atomic mass is 10.0. The van der Waals surface area contributed by atoms with E-state index in [2.05, 4.69) is 0 Å². The van der Waals surface area contributed by atoms with Crippen LogP contribution in [0.1, 0.15) is 27.8 Å². The van der Waals surface area contributed by atoms with Crippen molar-refractivity contribution in [1.82, 2.24) is 0 Å². The van der Waals surface area contributed by atoms with Gasteiger partial charge in [0.25, 0.3) is 0 Å². The SMILES string of the molecule is O=C(c1ccc(C2OCCO2)cc1)c1ccc(Cl)cc1Cl. The smallest absolute Gasteiger partial charge is 0.194 e. The Labute approximate surface area is 132 Å². The van der Waals surface area contributed by atoms with Crippen molar-refractivity contribution in [2.45, 2.75) is 6.29 Å². The third-order valence-corrected chi connectivity index (χ3v) is 3.79. The summed E-state index contributed by atoms with van der Waals surface area (Å²) in [6.45, 7) is 1.18. The van der Waals surface area contributed by atoms with Crippen LogP contribution in [-0.2, 0) is 9.47 Å². The monoisotopic (exact) mass is 322 g/mol. The van der Waals surface area contributed by atoms with Gasteiger partial charge in [-0.2, -0.15) is 0 Å². The van der Waals surface area contributed by atoms with Crippen LogP contribution in [-0.4, -0.2) is 19.0 Å². The van der Waals surface area contributed by atoms with Crippen LogP contribution in [0, 0.1) is 0 Å². The van der Waals surface area contributed by atoms with Gasteiger partial charge in [-0.1, -0.05) is 47.5 Å². The molecule has 3 rings (SSSR count). The molecule has 108 valence electrons. The number of benzene rings is 2. The van der Waals surface area contributed by atoms with Crippen molar-refractivity contribution in [2.24, 2.45) is 0 Å². The molecule has 21 heavy (non-hydrogen) atoms. The minimum atomic E-state index is -0.340. The van der Waals surface area contributed by atoms with Crippen molar-refractivity contribution in [3.8, 4) is 0 Å². The Hall–Kier alpha value is -1.39. The maximum absolute atomic E-state index is 12.4. The first-order valence-electron chi connectivity index (χ1n) is 6.48. The molecule has 0 aliphatic carbocycles. The van der Waals surface area contributed by atoms with E-state index in [1.54, 1.807) is 30.3 Å². The lowest BCUT2D eigenvalue weighted by Crippen LogP contribution is -2.04. The number of carbonyl (C=O) groups excluding carboxylic acids is 1. The van der Waals surface area contributed by atoms with E-state index in [0.717, 1.165) is 5.56 Å². The second-order valence-corrected chi connectivity index (χ2v) is 5.49. The lowest BCUT2D eigenvalue weighted by Gasteiger charge is -2.10. The molecule has 0 bridgehead atoms. The molecule has 0 atom stereocenters. The second-order valence-electron chi connectivity index (χ2n) is 4.65. The quantitative estimate of drug-likeness (QED) is 0.791. The third kappa shape index (κ3) is 3.11. The average Bonchev–Trinajstić information content (AvgIpc) is 3.01. The van der Waals surface area contributed by atoms with Crippen molar-refractivity contribution in [3.05, 3.63) is 69.2 Å². The average molecular weight is 323 g/mol. The number of ether oxygens (including phenoxy) is 2. The summed E-state index contributed by atoms with van der Waals surface area (Å²) in [6.07, 6.45) is -0.340. The summed E-state index contributed by atoms with van der Waals surface area (Å²) in [7, 11) is 0. The number of hydrogen-bond donors (Lipinski definition) is 0. The molecule has 2 aromatic rings. The lowest BCUT2D eigenvalue weighted by molar-refractivity contribution is -0.0441. The molecule has 0 spiro atoms. The maximum Gasteiger partial charge on any atom is 0.194 e. The van der Waals surface area contributed by atoms with Crippen LogP contribution in [0.4, 0.5) is 0 Å². The Morgan fingerprint density at radius 3 is 2.29 bits per heavy atom. The maximum atomic E-state index is 12.4. The third-order valence-electron chi connectivity index (χ3n) is 3.24. The first-order valence-corrected chi connectivity index (χ1v) is 7.23. The fourth-order valence-corrected chi connectivity index (χ4v) is 2.67. The van der Waals surface area contributed by atoms with Gasteiger partial charge >= 0.3 is 0 Å². The Balaban J connectivity index is 1.84. The summed E-state index contributed by atoms with van der Waals surface area (Å²) >= 11 is 11.9. The molecule has 0 unspecified atom stereocenters. The van der Waals surface area contributed by atoms with E-state index in [0.29, 0.717) is 34.4 Å². The molecule has 0 saturated carbocycles. The van der Waals surface area contributed by atoms with E-state index in [-0.39, 0.29) is 12.1 Å². The highest BCUT2D eigenvalue weighted by Gasteiger charge is 2.19. The minimum Gasteiger partial charge on any atom is -0.346 e. The zero-order chi connectivity index (χ0) is 14.8. The van der Waals surface area contributed by atoms with E-state index in [1.807, 2.05) is 12.1 Å². The molecular weight excluding hydrogens is 311 g/mol. The molecule has 0 radical (unpaired) electrons. The second kappa shape index (κ2) is 6.16. The molecule has 1 fully saturated rings. The van der Waals surface area contributed by atoms with Gasteiger partial charge in [-0.25, -0.2) is 0 Å². The zero-order valence-corrected chi connectivity index (χ0v) is 12.5. The highest BCUT2D eigenvalue weighted by Crippen LogP contribution is 2.26. The topological polar surface area (TPSA) is 35.5 Å². The van der Waals surface area contributed by atoms with E-state index in [9.17, 15) is 4.79 Å². The van der Waals surface area contributed by atoms with E-state index in [4.69, 9.17) is 32.7 Å². The van der Waals surface area contributed by atoms with Crippen LogP contribution in [0.5, 0.6) is 0 Å². The van der Waals surface area contributed by atoms with Crippen LogP contribution in [0.15, 0.2) is 42.5 Å². The summed E-state index contributed by atoms with van der Waals surface area (Å²) < 4.78 is 10.8. The number of ketones is 1.